The number of sulfonamides is 1. The molecule has 0 unspecified atom stereocenters. The van der Waals surface area contributed by atoms with E-state index < -0.39 is 10.0 Å². The molecule has 0 atom stereocenters. The van der Waals surface area contributed by atoms with Gasteiger partial charge < -0.3 is 0 Å². The first-order valence-corrected chi connectivity index (χ1v) is 7.13. The van der Waals surface area contributed by atoms with Crippen molar-refractivity contribution in [2.45, 2.75) is 0 Å². The van der Waals surface area contributed by atoms with Gasteiger partial charge in [-0.3, -0.25) is 4.31 Å². The molecule has 0 N–H and O–H groups in total. The maximum Gasteiger partial charge on any atom is 0.231 e. The molecule has 0 aliphatic heterocycles. The smallest absolute Gasteiger partial charge is 0.231 e. The third-order valence-corrected chi connectivity index (χ3v) is 3.90. The van der Waals surface area contributed by atoms with Crippen molar-refractivity contribution in [2.75, 3.05) is 17.6 Å². The van der Waals surface area contributed by atoms with Gasteiger partial charge in [0.25, 0.3) is 0 Å². The fraction of sp³-hybridized carbons (Fsp3) is 0.273. The van der Waals surface area contributed by atoms with E-state index in [0.29, 0.717) is 5.69 Å². The summed E-state index contributed by atoms with van der Waals surface area (Å²) in [4.78, 5) is 4.13. The molecule has 6 nitrogen and oxygen atoms in total. The second kappa shape index (κ2) is 4.41. The Labute approximate surface area is 106 Å². The average Bonchev–Trinajstić information content (AvgIpc) is 2.73. The minimum absolute atomic E-state index is 0.614. The van der Waals surface area contributed by atoms with Crippen molar-refractivity contribution in [1.82, 2.24) is 14.8 Å². The molecule has 0 saturated heterocycles. The van der Waals surface area contributed by atoms with Gasteiger partial charge in [0.15, 0.2) is 5.82 Å². The zero-order valence-corrected chi connectivity index (χ0v) is 11.2. The van der Waals surface area contributed by atoms with Crippen LogP contribution in [0.25, 0.3) is 11.4 Å². The topological polar surface area (TPSA) is 68.1 Å². The Morgan fingerprint density at radius 2 is 1.83 bits per heavy atom. The summed E-state index contributed by atoms with van der Waals surface area (Å²) in [6, 6.07) is 7.12. The summed E-state index contributed by atoms with van der Waals surface area (Å²) in [6.45, 7) is 0. The van der Waals surface area contributed by atoms with Gasteiger partial charge in [0.2, 0.25) is 10.0 Å². The second-order valence-corrected chi connectivity index (χ2v) is 6.00. The molecule has 0 fully saturated rings. The van der Waals surface area contributed by atoms with E-state index in [-0.39, 0.29) is 0 Å². The normalized spacial score (nSPS) is 11.5. The fourth-order valence-corrected chi connectivity index (χ4v) is 2.07. The third kappa shape index (κ3) is 2.35. The van der Waals surface area contributed by atoms with Crippen molar-refractivity contribution >= 4 is 15.7 Å². The van der Waals surface area contributed by atoms with E-state index in [2.05, 4.69) is 10.1 Å². The lowest BCUT2D eigenvalue weighted by molar-refractivity contribution is 0.600. The molecule has 96 valence electrons. The third-order valence-electron chi connectivity index (χ3n) is 2.70. The lowest BCUT2D eigenvalue weighted by Gasteiger charge is -2.16. The van der Waals surface area contributed by atoms with Crippen molar-refractivity contribution in [1.29, 1.82) is 0 Å². The lowest BCUT2D eigenvalue weighted by Crippen LogP contribution is -2.24. The molecule has 0 amide bonds. The summed E-state index contributed by atoms with van der Waals surface area (Å²) in [5.74, 6) is 0.739. The minimum atomic E-state index is -3.23. The average molecular weight is 266 g/mol. The van der Waals surface area contributed by atoms with Gasteiger partial charge in [-0.15, -0.1) is 0 Å². The van der Waals surface area contributed by atoms with Crippen LogP contribution in [0.4, 0.5) is 5.69 Å². The monoisotopic (exact) mass is 266 g/mol. The van der Waals surface area contributed by atoms with Crippen LogP contribution in [0, 0.1) is 0 Å². The van der Waals surface area contributed by atoms with Crippen LogP contribution in [0.3, 0.4) is 0 Å². The van der Waals surface area contributed by atoms with Crippen molar-refractivity contribution in [3.8, 4) is 11.4 Å². The summed E-state index contributed by atoms with van der Waals surface area (Å²) in [5, 5.41) is 3.99. The molecule has 2 aromatic rings. The highest BCUT2D eigenvalue weighted by molar-refractivity contribution is 7.92. The zero-order chi connectivity index (χ0) is 13.3. The van der Waals surface area contributed by atoms with E-state index in [1.54, 1.807) is 23.9 Å². The first-order valence-electron chi connectivity index (χ1n) is 5.28. The highest BCUT2D eigenvalue weighted by Crippen LogP contribution is 2.21. The summed E-state index contributed by atoms with van der Waals surface area (Å²) in [6.07, 6.45) is 2.65. The van der Waals surface area contributed by atoms with Crippen molar-refractivity contribution in [3.63, 3.8) is 0 Å². The molecule has 0 radical (unpaired) electrons. The highest BCUT2D eigenvalue weighted by Gasteiger charge is 2.12. The molecule has 0 aliphatic rings. The van der Waals surface area contributed by atoms with Gasteiger partial charge in [0, 0.05) is 19.7 Å². The van der Waals surface area contributed by atoms with Gasteiger partial charge in [0.1, 0.15) is 6.33 Å². The van der Waals surface area contributed by atoms with Crippen LogP contribution in [0.2, 0.25) is 0 Å². The number of aryl methyl sites for hydroxylation is 1. The van der Waals surface area contributed by atoms with Gasteiger partial charge in [-0.1, -0.05) is 0 Å². The molecule has 7 heteroatoms. The van der Waals surface area contributed by atoms with Crippen LogP contribution < -0.4 is 4.31 Å². The summed E-state index contributed by atoms with van der Waals surface area (Å²) >= 11 is 0. The number of rotatable bonds is 3. The molecule has 0 saturated carbocycles. The van der Waals surface area contributed by atoms with E-state index in [4.69, 9.17) is 0 Å². The maximum absolute atomic E-state index is 11.4. The molecule has 2 rings (SSSR count). The maximum atomic E-state index is 11.4. The van der Waals surface area contributed by atoms with Crippen LogP contribution in [-0.4, -0.2) is 36.5 Å². The SMILES string of the molecule is CN(c1ccc(-c2ncnn2C)cc1)S(C)(=O)=O. The Balaban J connectivity index is 2.35. The summed E-state index contributed by atoms with van der Waals surface area (Å²) in [7, 11) is 0.0944. The number of nitrogens with zero attached hydrogens (tertiary/aromatic N) is 4. The van der Waals surface area contributed by atoms with Gasteiger partial charge in [-0.05, 0) is 24.3 Å². The Morgan fingerprint density at radius 1 is 1.22 bits per heavy atom. The van der Waals surface area contributed by atoms with Gasteiger partial charge in [-0.25, -0.2) is 18.1 Å². The quantitative estimate of drug-likeness (QED) is 0.827. The van der Waals surface area contributed by atoms with Crippen LogP contribution in [0.5, 0.6) is 0 Å². The fourth-order valence-electron chi connectivity index (χ4n) is 1.57. The first kappa shape index (κ1) is 12.6. The number of hydrogen-bond acceptors (Lipinski definition) is 4. The molecule has 1 aromatic carbocycles. The highest BCUT2D eigenvalue weighted by atomic mass is 32.2. The van der Waals surface area contributed by atoms with E-state index in [0.717, 1.165) is 11.4 Å². The van der Waals surface area contributed by atoms with Gasteiger partial charge in [-0.2, -0.15) is 5.10 Å². The Bertz CT molecular complexity index is 646. The molecule has 1 heterocycles. The Hall–Kier alpha value is -1.89. The predicted octanol–water partition coefficient (Wildman–Crippen LogP) is 0.878. The predicted molar refractivity (Wildman–Crippen MR) is 69.7 cm³/mol. The Morgan fingerprint density at radius 3 is 2.28 bits per heavy atom. The van der Waals surface area contributed by atoms with Crippen molar-refractivity contribution in [3.05, 3.63) is 30.6 Å². The largest absolute Gasteiger partial charge is 0.274 e. The van der Waals surface area contributed by atoms with Crippen LogP contribution in [0.15, 0.2) is 30.6 Å². The first-order chi connectivity index (χ1) is 8.39. The summed E-state index contributed by atoms with van der Waals surface area (Å²) < 4.78 is 25.7. The molecular formula is C11H14N4O2S. The van der Waals surface area contributed by atoms with Gasteiger partial charge in [0.05, 0.1) is 11.9 Å². The van der Waals surface area contributed by atoms with E-state index in [1.165, 1.54) is 23.9 Å². The molecular weight excluding hydrogens is 252 g/mol. The zero-order valence-electron chi connectivity index (χ0n) is 10.4. The van der Waals surface area contributed by atoms with Crippen LogP contribution in [0.1, 0.15) is 0 Å². The molecule has 1 aromatic heterocycles. The van der Waals surface area contributed by atoms with Crippen molar-refractivity contribution < 1.29 is 8.42 Å². The standard InChI is InChI=1S/C11H14N4O2S/c1-14-11(12-8-13-14)9-4-6-10(7-5-9)15(2)18(3,16)17/h4-8H,1-3H3. The number of hydrogen-bond donors (Lipinski definition) is 0. The van der Waals surface area contributed by atoms with Gasteiger partial charge >= 0.3 is 0 Å². The van der Waals surface area contributed by atoms with Crippen LogP contribution in [-0.2, 0) is 17.1 Å². The van der Waals surface area contributed by atoms with E-state index in [1.807, 2.05) is 12.1 Å². The molecule has 0 aliphatic carbocycles. The number of aromatic nitrogens is 3. The molecule has 18 heavy (non-hydrogen) atoms. The molecule has 0 spiro atoms. The number of benzene rings is 1. The van der Waals surface area contributed by atoms with Crippen molar-refractivity contribution in [2.24, 2.45) is 7.05 Å². The van der Waals surface area contributed by atoms with E-state index >= 15 is 0 Å². The van der Waals surface area contributed by atoms with Crippen LogP contribution >= 0.6 is 0 Å². The lowest BCUT2D eigenvalue weighted by atomic mass is 10.2. The minimum Gasteiger partial charge on any atom is -0.274 e. The Kier molecular flexibility index (Phi) is 3.08. The summed E-state index contributed by atoms with van der Waals surface area (Å²) in [5.41, 5.74) is 1.50. The second-order valence-electron chi connectivity index (χ2n) is 3.98. The van der Waals surface area contributed by atoms with E-state index in [9.17, 15) is 8.42 Å². The number of anilines is 1. The molecule has 0 bridgehead atoms.